The highest BCUT2D eigenvalue weighted by atomic mass is 16.5. The molecule has 3 aromatic heterocycles. The van der Waals surface area contributed by atoms with Crippen LogP contribution in [0.4, 0.5) is 5.95 Å². The molecule has 0 radical (unpaired) electrons. The first-order valence-corrected chi connectivity index (χ1v) is 9.96. The maximum Gasteiger partial charge on any atom is 0.255 e. The number of piperidine rings is 1. The number of amides is 1. The van der Waals surface area contributed by atoms with Gasteiger partial charge in [-0.25, -0.2) is 4.98 Å². The van der Waals surface area contributed by atoms with E-state index in [9.17, 15) is 4.79 Å². The number of carbonyl (C=O) groups excluding carboxylic acids is 1. The first-order chi connectivity index (χ1) is 14.7. The molecule has 0 saturated carbocycles. The van der Waals surface area contributed by atoms with Gasteiger partial charge in [-0.2, -0.15) is 4.98 Å². The van der Waals surface area contributed by atoms with Gasteiger partial charge < -0.3 is 14.5 Å². The van der Waals surface area contributed by atoms with Crippen LogP contribution < -0.4 is 9.64 Å². The number of ether oxygens (including phenoxy) is 1. The SMILES string of the molecule is COc1ccnc(N2CCC(N(Cc3cccnc3)C(=O)c3cccnc3)CC2)n1. The predicted octanol–water partition coefficient (Wildman–Crippen LogP) is 2.59. The number of rotatable bonds is 6. The first kappa shape index (κ1) is 19.8. The van der Waals surface area contributed by atoms with Crippen LogP contribution in [0.1, 0.15) is 28.8 Å². The summed E-state index contributed by atoms with van der Waals surface area (Å²) in [4.78, 5) is 34.5. The Labute approximate surface area is 175 Å². The molecule has 1 fully saturated rings. The van der Waals surface area contributed by atoms with Crippen molar-refractivity contribution in [3.8, 4) is 5.88 Å². The summed E-state index contributed by atoms with van der Waals surface area (Å²) in [6.45, 7) is 2.05. The standard InChI is InChI=1S/C22H24N6O2/c1-30-20-6-11-25-22(26-20)27-12-7-19(8-13-27)28(16-17-4-2-9-23-14-17)21(29)18-5-3-10-24-15-18/h2-6,9-11,14-15,19H,7-8,12-13,16H2,1H3. The molecule has 154 valence electrons. The van der Waals surface area contributed by atoms with Gasteiger partial charge in [-0.15, -0.1) is 0 Å². The maximum atomic E-state index is 13.3. The van der Waals surface area contributed by atoms with Gasteiger partial charge in [0, 0.05) is 62.7 Å². The summed E-state index contributed by atoms with van der Waals surface area (Å²) in [5.41, 5.74) is 1.60. The monoisotopic (exact) mass is 404 g/mol. The van der Waals surface area contributed by atoms with E-state index in [1.165, 1.54) is 0 Å². The van der Waals surface area contributed by atoms with Crippen molar-refractivity contribution in [1.82, 2.24) is 24.8 Å². The Kier molecular flexibility index (Phi) is 6.12. The summed E-state index contributed by atoms with van der Waals surface area (Å²) in [5, 5.41) is 0. The molecule has 0 bridgehead atoms. The van der Waals surface area contributed by atoms with E-state index in [0.29, 0.717) is 23.9 Å². The number of methoxy groups -OCH3 is 1. The predicted molar refractivity (Wildman–Crippen MR) is 112 cm³/mol. The van der Waals surface area contributed by atoms with E-state index in [-0.39, 0.29) is 11.9 Å². The van der Waals surface area contributed by atoms with Crippen LogP contribution >= 0.6 is 0 Å². The molecule has 1 saturated heterocycles. The number of nitrogens with zero attached hydrogens (tertiary/aromatic N) is 6. The van der Waals surface area contributed by atoms with Crippen LogP contribution in [0, 0.1) is 0 Å². The van der Waals surface area contributed by atoms with Crippen molar-refractivity contribution in [2.45, 2.75) is 25.4 Å². The van der Waals surface area contributed by atoms with E-state index in [0.717, 1.165) is 31.5 Å². The fraction of sp³-hybridized carbons (Fsp3) is 0.318. The van der Waals surface area contributed by atoms with E-state index in [4.69, 9.17) is 4.74 Å². The van der Waals surface area contributed by atoms with Gasteiger partial charge in [-0.3, -0.25) is 14.8 Å². The fourth-order valence-electron chi connectivity index (χ4n) is 3.69. The smallest absolute Gasteiger partial charge is 0.255 e. The second-order valence-electron chi connectivity index (χ2n) is 7.15. The van der Waals surface area contributed by atoms with Crippen molar-refractivity contribution in [1.29, 1.82) is 0 Å². The summed E-state index contributed by atoms with van der Waals surface area (Å²) in [6, 6.07) is 9.34. The van der Waals surface area contributed by atoms with Gasteiger partial charge in [0.25, 0.3) is 5.91 Å². The lowest BCUT2D eigenvalue weighted by atomic mass is 10.0. The summed E-state index contributed by atoms with van der Waals surface area (Å²) in [5.74, 6) is 1.19. The van der Waals surface area contributed by atoms with Crippen LogP contribution in [0.25, 0.3) is 0 Å². The summed E-state index contributed by atoms with van der Waals surface area (Å²) in [7, 11) is 1.60. The zero-order chi connectivity index (χ0) is 20.8. The van der Waals surface area contributed by atoms with Crippen molar-refractivity contribution in [2.75, 3.05) is 25.1 Å². The zero-order valence-corrected chi connectivity index (χ0v) is 16.9. The van der Waals surface area contributed by atoms with E-state index < -0.39 is 0 Å². The number of anilines is 1. The highest BCUT2D eigenvalue weighted by Gasteiger charge is 2.29. The normalized spacial score (nSPS) is 14.4. The Hall–Kier alpha value is -3.55. The number of carbonyl (C=O) groups is 1. The molecule has 8 heteroatoms. The van der Waals surface area contributed by atoms with Gasteiger partial charge in [0.05, 0.1) is 12.7 Å². The van der Waals surface area contributed by atoms with E-state index in [1.54, 1.807) is 44.0 Å². The lowest BCUT2D eigenvalue weighted by molar-refractivity contribution is 0.0630. The molecule has 0 N–H and O–H groups in total. The molecular weight excluding hydrogens is 380 g/mol. The maximum absolute atomic E-state index is 13.3. The van der Waals surface area contributed by atoms with Crippen LogP contribution in [-0.2, 0) is 6.54 Å². The largest absolute Gasteiger partial charge is 0.481 e. The molecule has 0 spiro atoms. The van der Waals surface area contributed by atoms with Gasteiger partial charge in [0.15, 0.2) is 0 Å². The minimum atomic E-state index is -0.0111. The molecule has 0 atom stereocenters. The Morgan fingerprint density at radius 1 is 1.10 bits per heavy atom. The number of hydrogen-bond donors (Lipinski definition) is 0. The lowest BCUT2D eigenvalue weighted by Gasteiger charge is -2.38. The molecule has 1 aliphatic heterocycles. The Morgan fingerprint density at radius 3 is 2.53 bits per heavy atom. The zero-order valence-electron chi connectivity index (χ0n) is 16.9. The lowest BCUT2D eigenvalue weighted by Crippen LogP contribution is -2.47. The molecule has 30 heavy (non-hydrogen) atoms. The highest BCUT2D eigenvalue weighted by Crippen LogP contribution is 2.24. The Bertz CT molecular complexity index is 962. The topological polar surface area (TPSA) is 84.3 Å². The molecule has 0 aromatic carbocycles. The number of pyridine rings is 2. The second-order valence-corrected chi connectivity index (χ2v) is 7.15. The number of aromatic nitrogens is 4. The Morgan fingerprint density at radius 2 is 1.87 bits per heavy atom. The molecule has 1 amide bonds. The van der Waals surface area contributed by atoms with Crippen LogP contribution in [0.15, 0.2) is 61.3 Å². The molecule has 4 rings (SSSR count). The molecule has 3 aromatic rings. The number of hydrogen-bond acceptors (Lipinski definition) is 7. The van der Waals surface area contributed by atoms with Crippen molar-refractivity contribution in [3.05, 3.63) is 72.4 Å². The van der Waals surface area contributed by atoms with Gasteiger partial charge >= 0.3 is 0 Å². The van der Waals surface area contributed by atoms with Gasteiger partial charge in [-0.1, -0.05) is 6.07 Å². The highest BCUT2D eigenvalue weighted by molar-refractivity contribution is 5.94. The molecule has 0 unspecified atom stereocenters. The van der Waals surface area contributed by atoms with Crippen molar-refractivity contribution >= 4 is 11.9 Å². The molecular formula is C22H24N6O2. The van der Waals surface area contributed by atoms with Crippen LogP contribution in [-0.4, -0.2) is 57.0 Å². The van der Waals surface area contributed by atoms with Crippen molar-refractivity contribution in [3.63, 3.8) is 0 Å². The fourth-order valence-corrected chi connectivity index (χ4v) is 3.69. The molecule has 8 nitrogen and oxygen atoms in total. The average Bonchev–Trinajstić information content (AvgIpc) is 2.83. The summed E-state index contributed by atoms with van der Waals surface area (Å²) < 4.78 is 5.21. The first-order valence-electron chi connectivity index (χ1n) is 9.96. The van der Waals surface area contributed by atoms with Gasteiger partial charge in [-0.05, 0) is 36.6 Å². The quantitative estimate of drug-likeness (QED) is 0.624. The summed E-state index contributed by atoms with van der Waals surface area (Å²) in [6.07, 6.45) is 10.2. The average molecular weight is 404 g/mol. The van der Waals surface area contributed by atoms with Crippen molar-refractivity contribution in [2.24, 2.45) is 0 Å². The van der Waals surface area contributed by atoms with Crippen LogP contribution in [0.5, 0.6) is 5.88 Å². The summed E-state index contributed by atoms with van der Waals surface area (Å²) >= 11 is 0. The molecule has 4 heterocycles. The van der Waals surface area contributed by atoms with Crippen LogP contribution in [0.3, 0.4) is 0 Å². The molecule has 1 aliphatic rings. The second kappa shape index (κ2) is 9.30. The third kappa shape index (κ3) is 4.53. The third-order valence-electron chi connectivity index (χ3n) is 5.26. The van der Waals surface area contributed by atoms with Gasteiger partial charge in [0.1, 0.15) is 0 Å². The van der Waals surface area contributed by atoms with E-state index in [1.807, 2.05) is 29.3 Å². The third-order valence-corrected chi connectivity index (χ3v) is 5.26. The minimum absolute atomic E-state index is 0.0111. The minimum Gasteiger partial charge on any atom is -0.481 e. The Balaban J connectivity index is 1.50. The van der Waals surface area contributed by atoms with Crippen LogP contribution in [0.2, 0.25) is 0 Å². The van der Waals surface area contributed by atoms with E-state index in [2.05, 4.69) is 24.8 Å². The van der Waals surface area contributed by atoms with Crippen molar-refractivity contribution < 1.29 is 9.53 Å². The van der Waals surface area contributed by atoms with E-state index >= 15 is 0 Å². The molecule has 0 aliphatic carbocycles. The van der Waals surface area contributed by atoms with Gasteiger partial charge in [0.2, 0.25) is 11.8 Å².